The van der Waals surface area contributed by atoms with E-state index in [1.807, 2.05) is 12.1 Å². The Bertz CT molecular complexity index is 1830. The van der Waals surface area contributed by atoms with Crippen LogP contribution < -0.4 is 19.5 Å². The smallest absolute Gasteiger partial charge is 0.408 e. The van der Waals surface area contributed by atoms with Crippen LogP contribution in [0.5, 0.6) is 17.4 Å². The number of aliphatic hydroxyl groups is 4. The highest BCUT2D eigenvalue weighted by atomic mass is 19.3. The maximum Gasteiger partial charge on any atom is 0.408 e. The van der Waals surface area contributed by atoms with E-state index in [4.69, 9.17) is 23.7 Å². The molecule has 1 aliphatic heterocycles. The van der Waals surface area contributed by atoms with Gasteiger partial charge in [-0.05, 0) is 73.6 Å². The number of aromatic nitrogens is 2. The van der Waals surface area contributed by atoms with Gasteiger partial charge in [-0.15, -0.1) is 0 Å². The van der Waals surface area contributed by atoms with Crippen LogP contribution >= 0.6 is 0 Å². The highest BCUT2D eigenvalue weighted by molar-refractivity contribution is 5.67. The van der Waals surface area contributed by atoms with E-state index in [1.165, 1.54) is 6.07 Å². The Hall–Kier alpha value is -4.93. The SMILES string of the molecule is CC(C)(O)c1ccc([C@@H](Cc2ccc(O[C@@H]3O[C@H](CO)[C@@H](O)[C@H](O)[C@H]3NC(=O)OCc3ccccc3)nc2)c2ccc(OC(F)F)c(OC3CC3)c2)cn1. The van der Waals surface area contributed by atoms with E-state index in [-0.39, 0.29) is 36.0 Å². The molecule has 1 amide bonds. The van der Waals surface area contributed by atoms with E-state index in [0.29, 0.717) is 12.1 Å². The molecule has 13 nitrogen and oxygen atoms in total. The molecule has 2 aromatic carbocycles. The third-order valence-corrected chi connectivity index (χ3v) is 9.07. The van der Waals surface area contributed by atoms with E-state index in [2.05, 4.69) is 15.3 Å². The number of alkyl halides is 2. The van der Waals surface area contributed by atoms with Crippen molar-refractivity contribution in [3.8, 4) is 17.4 Å². The monoisotopic (exact) mass is 751 g/mol. The summed E-state index contributed by atoms with van der Waals surface area (Å²) in [6, 6.07) is 19.4. The van der Waals surface area contributed by atoms with Gasteiger partial charge in [-0.25, -0.2) is 9.78 Å². The van der Waals surface area contributed by atoms with Gasteiger partial charge < -0.3 is 49.4 Å². The maximum absolute atomic E-state index is 13.2. The molecule has 1 aliphatic carbocycles. The lowest BCUT2D eigenvalue weighted by Gasteiger charge is -2.41. The molecule has 288 valence electrons. The van der Waals surface area contributed by atoms with Crippen molar-refractivity contribution in [2.45, 2.75) is 94.6 Å². The molecule has 0 radical (unpaired) electrons. The summed E-state index contributed by atoms with van der Waals surface area (Å²) in [5.74, 6) is -0.185. The van der Waals surface area contributed by atoms with E-state index in [1.54, 1.807) is 80.8 Å². The van der Waals surface area contributed by atoms with Crippen molar-refractivity contribution in [1.29, 1.82) is 0 Å². The minimum atomic E-state index is -3.03. The van der Waals surface area contributed by atoms with Gasteiger partial charge in [0.05, 0.1) is 18.4 Å². The molecule has 15 heteroatoms. The fourth-order valence-electron chi connectivity index (χ4n) is 5.99. The molecule has 54 heavy (non-hydrogen) atoms. The normalized spacial score (nSPS) is 22.0. The summed E-state index contributed by atoms with van der Waals surface area (Å²) in [7, 11) is 0. The number of hydrogen-bond acceptors (Lipinski definition) is 12. The lowest BCUT2D eigenvalue weighted by molar-refractivity contribution is -0.244. The first kappa shape index (κ1) is 38.8. The Kier molecular flexibility index (Phi) is 12.2. The number of aliphatic hydroxyl groups excluding tert-OH is 3. The first-order valence-electron chi connectivity index (χ1n) is 17.5. The zero-order valence-electron chi connectivity index (χ0n) is 29.6. The Morgan fingerprint density at radius 3 is 2.31 bits per heavy atom. The summed E-state index contributed by atoms with van der Waals surface area (Å²) in [4.78, 5) is 21.6. The summed E-state index contributed by atoms with van der Waals surface area (Å²) >= 11 is 0. The number of halogens is 2. The Balaban J connectivity index is 1.21. The average Bonchev–Trinajstić information content (AvgIpc) is 3.98. The van der Waals surface area contributed by atoms with Crippen LogP contribution in [0.15, 0.2) is 85.2 Å². The van der Waals surface area contributed by atoms with Crippen LogP contribution in [0, 0.1) is 0 Å². The number of alkyl carbamates (subject to hydrolysis) is 1. The van der Waals surface area contributed by atoms with Crippen LogP contribution in [-0.2, 0) is 28.1 Å². The van der Waals surface area contributed by atoms with Gasteiger partial charge in [0.2, 0.25) is 12.2 Å². The number of nitrogens with zero attached hydrogens (tertiary/aromatic N) is 2. The Morgan fingerprint density at radius 1 is 0.926 bits per heavy atom. The van der Waals surface area contributed by atoms with Gasteiger partial charge in [-0.2, -0.15) is 8.78 Å². The van der Waals surface area contributed by atoms with Gasteiger partial charge in [0.25, 0.3) is 0 Å². The Morgan fingerprint density at radius 2 is 1.69 bits per heavy atom. The molecule has 0 unspecified atom stereocenters. The van der Waals surface area contributed by atoms with Crippen LogP contribution in [0.4, 0.5) is 13.6 Å². The zero-order chi connectivity index (χ0) is 38.4. The third-order valence-electron chi connectivity index (χ3n) is 9.07. The first-order chi connectivity index (χ1) is 25.9. The lowest BCUT2D eigenvalue weighted by Crippen LogP contribution is -2.65. The van der Waals surface area contributed by atoms with Gasteiger partial charge in [-0.1, -0.05) is 48.5 Å². The van der Waals surface area contributed by atoms with Crippen LogP contribution in [0.3, 0.4) is 0 Å². The molecule has 0 spiro atoms. The van der Waals surface area contributed by atoms with Gasteiger partial charge in [0.1, 0.15) is 36.6 Å². The minimum absolute atomic E-state index is 0.0458. The molecule has 0 bridgehead atoms. The van der Waals surface area contributed by atoms with E-state index >= 15 is 0 Å². The molecule has 5 N–H and O–H groups in total. The van der Waals surface area contributed by atoms with Crippen LogP contribution in [-0.4, -0.2) is 86.5 Å². The summed E-state index contributed by atoms with van der Waals surface area (Å²) in [5.41, 5.74) is 2.28. The maximum atomic E-state index is 13.2. The van der Waals surface area contributed by atoms with E-state index in [9.17, 15) is 34.0 Å². The number of pyridine rings is 2. The van der Waals surface area contributed by atoms with Crippen molar-refractivity contribution in [3.05, 3.63) is 113 Å². The van der Waals surface area contributed by atoms with Gasteiger partial charge in [0.15, 0.2) is 11.5 Å². The molecule has 1 saturated carbocycles. The average molecular weight is 752 g/mol. The first-order valence-corrected chi connectivity index (χ1v) is 17.5. The van der Waals surface area contributed by atoms with E-state index < -0.39 is 55.6 Å². The minimum Gasteiger partial charge on any atom is -0.487 e. The standard InChI is InChI=1S/C39H43F2N3O10/c1-39(2,49)31-14-10-25(19-42-31)27(24-9-13-28(53-37(40)41)29(17-24)51-26-11-12-26)16-23-8-15-32(43-18-23)54-36-33(35(47)34(46)30(20-45)52-36)44-38(48)50-21-22-6-4-3-5-7-22/h3-10,13-15,17-19,26-27,30,33-37,45-47,49H,11-12,16,20-21H2,1-2H3,(H,44,48)/t27-,30+,33+,34+,35+,36-/m0/s1. The highest BCUT2D eigenvalue weighted by Gasteiger charge is 2.47. The quantitative estimate of drug-likeness (QED) is 0.116. The second kappa shape index (κ2) is 17.0. The van der Waals surface area contributed by atoms with Crippen molar-refractivity contribution in [1.82, 2.24) is 15.3 Å². The predicted octanol–water partition coefficient (Wildman–Crippen LogP) is 4.33. The number of ether oxygens (including phenoxy) is 5. The van der Waals surface area contributed by atoms with Crippen molar-refractivity contribution in [2.75, 3.05) is 6.61 Å². The summed E-state index contributed by atoms with van der Waals surface area (Å²) < 4.78 is 54.1. The number of amides is 1. The fourth-order valence-corrected chi connectivity index (χ4v) is 5.99. The molecule has 3 heterocycles. The van der Waals surface area contributed by atoms with Gasteiger partial charge >= 0.3 is 12.7 Å². The number of carbonyl (C=O) groups excluding carboxylic acids is 1. The molecule has 2 aliphatic rings. The summed E-state index contributed by atoms with van der Waals surface area (Å²) in [6.07, 6.45) is -1.50. The van der Waals surface area contributed by atoms with Gasteiger partial charge in [-0.3, -0.25) is 4.98 Å². The molecular formula is C39H43F2N3O10. The van der Waals surface area contributed by atoms with Crippen molar-refractivity contribution >= 4 is 6.09 Å². The second-order valence-corrected chi connectivity index (χ2v) is 13.8. The topological polar surface area (TPSA) is 182 Å². The second-order valence-electron chi connectivity index (χ2n) is 13.8. The third kappa shape index (κ3) is 9.98. The van der Waals surface area contributed by atoms with E-state index in [0.717, 1.165) is 35.1 Å². The summed E-state index contributed by atoms with van der Waals surface area (Å²) in [5, 5.41) is 44.2. The van der Waals surface area contributed by atoms with Crippen LogP contribution in [0.1, 0.15) is 60.6 Å². The number of benzene rings is 2. The van der Waals surface area contributed by atoms with Crippen molar-refractivity contribution in [3.63, 3.8) is 0 Å². The molecule has 1 saturated heterocycles. The molecule has 4 aromatic rings. The summed E-state index contributed by atoms with van der Waals surface area (Å²) in [6.45, 7) is -0.445. The van der Waals surface area contributed by atoms with Gasteiger partial charge in [0, 0.05) is 24.4 Å². The predicted molar refractivity (Wildman–Crippen MR) is 188 cm³/mol. The molecule has 6 atom stereocenters. The number of carbonyl (C=O) groups is 1. The number of hydrogen-bond donors (Lipinski definition) is 5. The molecule has 2 fully saturated rings. The van der Waals surface area contributed by atoms with Crippen molar-refractivity contribution < 1.29 is 57.7 Å². The molecule has 2 aromatic heterocycles. The molecular weight excluding hydrogens is 708 g/mol. The Labute approximate surface area is 310 Å². The van der Waals surface area contributed by atoms with Crippen molar-refractivity contribution in [2.24, 2.45) is 0 Å². The van der Waals surface area contributed by atoms with Crippen LogP contribution in [0.2, 0.25) is 0 Å². The fraction of sp³-hybridized carbons (Fsp3) is 0.410. The molecule has 6 rings (SSSR count). The number of nitrogens with one attached hydrogen (secondary N) is 1. The van der Waals surface area contributed by atoms with Crippen LogP contribution in [0.25, 0.3) is 0 Å². The number of rotatable bonds is 15. The lowest BCUT2D eigenvalue weighted by atomic mass is 9.86. The zero-order valence-corrected chi connectivity index (χ0v) is 29.6. The largest absolute Gasteiger partial charge is 0.487 e. The highest BCUT2D eigenvalue weighted by Crippen LogP contribution is 2.39.